The van der Waals surface area contributed by atoms with E-state index in [1.54, 1.807) is 10.8 Å². The molecule has 1 unspecified atom stereocenters. The lowest BCUT2D eigenvalue weighted by Gasteiger charge is -2.20. The van der Waals surface area contributed by atoms with Gasteiger partial charge in [0.25, 0.3) is 0 Å². The van der Waals surface area contributed by atoms with Gasteiger partial charge >= 0.3 is 5.97 Å². The first-order valence-corrected chi connectivity index (χ1v) is 8.47. The minimum absolute atomic E-state index is 0.0391. The maximum absolute atomic E-state index is 12.3. The molecular weight excluding hydrogens is 340 g/mol. The van der Waals surface area contributed by atoms with Crippen molar-refractivity contribution in [2.24, 2.45) is 0 Å². The zero-order chi connectivity index (χ0) is 19.4. The first-order valence-electron chi connectivity index (χ1n) is 8.47. The molecule has 6 nitrogen and oxygen atoms in total. The average Bonchev–Trinajstić information content (AvgIpc) is 3.04. The zero-order valence-corrected chi connectivity index (χ0v) is 15.1. The van der Waals surface area contributed by atoms with E-state index in [1.165, 1.54) is 7.11 Å². The van der Waals surface area contributed by atoms with Crippen LogP contribution in [0.5, 0.6) is 0 Å². The van der Waals surface area contributed by atoms with Crippen molar-refractivity contribution in [2.75, 3.05) is 18.2 Å². The molecule has 3 rings (SSSR count). The van der Waals surface area contributed by atoms with Crippen LogP contribution in [0.1, 0.15) is 34.6 Å². The molecule has 27 heavy (non-hydrogen) atoms. The second-order valence-corrected chi connectivity index (χ2v) is 6.07. The third-order valence-electron chi connectivity index (χ3n) is 4.38. The number of nitriles is 1. The maximum atomic E-state index is 12.3. The van der Waals surface area contributed by atoms with Crippen LogP contribution in [0, 0.1) is 11.3 Å². The van der Waals surface area contributed by atoms with Crippen molar-refractivity contribution in [1.29, 1.82) is 5.26 Å². The van der Waals surface area contributed by atoms with Crippen molar-refractivity contribution < 1.29 is 9.53 Å². The predicted molar refractivity (Wildman–Crippen MR) is 105 cm³/mol. The molecule has 0 bridgehead atoms. The number of methoxy groups -OCH3 is 1. The number of esters is 1. The van der Waals surface area contributed by atoms with Gasteiger partial charge in [0.15, 0.2) is 5.69 Å². The van der Waals surface area contributed by atoms with Gasteiger partial charge in [-0.2, -0.15) is 5.26 Å². The SMILES string of the molecule is COC(=O)c1c(N)c(C#N)cn1-c1ccccc1NC(C)c1ccccc1. The van der Waals surface area contributed by atoms with Crippen LogP contribution < -0.4 is 11.1 Å². The summed E-state index contributed by atoms with van der Waals surface area (Å²) in [7, 11) is 1.28. The third-order valence-corrected chi connectivity index (χ3v) is 4.38. The minimum atomic E-state index is -0.597. The first-order chi connectivity index (χ1) is 13.1. The number of rotatable bonds is 5. The molecule has 2 aromatic carbocycles. The second-order valence-electron chi connectivity index (χ2n) is 6.07. The topological polar surface area (TPSA) is 93.1 Å². The van der Waals surface area contributed by atoms with Crippen molar-refractivity contribution in [3.8, 4) is 11.8 Å². The van der Waals surface area contributed by atoms with Crippen LogP contribution in [0.25, 0.3) is 5.69 Å². The largest absolute Gasteiger partial charge is 0.464 e. The van der Waals surface area contributed by atoms with Crippen molar-refractivity contribution in [1.82, 2.24) is 4.57 Å². The fourth-order valence-electron chi connectivity index (χ4n) is 2.97. The molecule has 3 aromatic rings. The number of ether oxygens (including phenoxy) is 1. The number of carbonyl (C=O) groups is 1. The zero-order valence-electron chi connectivity index (χ0n) is 15.1. The fraction of sp³-hybridized carbons (Fsp3) is 0.143. The number of nitrogen functional groups attached to an aromatic ring is 1. The summed E-state index contributed by atoms with van der Waals surface area (Å²) in [6.07, 6.45) is 1.55. The number of benzene rings is 2. The van der Waals surface area contributed by atoms with Gasteiger partial charge in [-0.3, -0.25) is 0 Å². The minimum Gasteiger partial charge on any atom is -0.464 e. The normalized spacial score (nSPS) is 11.4. The van der Waals surface area contributed by atoms with Crippen molar-refractivity contribution >= 4 is 17.3 Å². The molecule has 0 amide bonds. The van der Waals surface area contributed by atoms with Gasteiger partial charge in [-0.1, -0.05) is 42.5 Å². The van der Waals surface area contributed by atoms with E-state index >= 15 is 0 Å². The van der Waals surface area contributed by atoms with Crippen LogP contribution in [0.15, 0.2) is 60.8 Å². The summed E-state index contributed by atoms with van der Waals surface area (Å²) in [4.78, 5) is 12.3. The summed E-state index contributed by atoms with van der Waals surface area (Å²) in [6, 6.07) is 19.6. The Hall–Kier alpha value is -3.72. The van der Waals surface area contributed by atoms with Crippen LogP contribution in [0.3, 0.4) is 0 Å². The molecule has 0 saturated carbocycles. The highest BCUT2D eigenvalue weighted by atomic mass is 16.5. The smallest absolute Gasteiger partial charge is 0.357 e. The summed E-state index contributed by atoms with van der Waals surface area (Å²) in [5.74, 6) is -0.597. The summed E-state index contributed by atoms with van der Waals surface area (Å²) in [5.41, 5.74) is 9.11. The fourth-order valence-corrected chi connectivity index (χ4v) is 2.97. The van der Waals surface area contributed by atoms with E-state index in [4.69, 9.17) is 10.5 Å². The van der Waals surface area contributed by atoms with Gasteiger partial charge in [-0.05, 0) is 24.6 Å². The molecule has 1 aromatic heterocycles. The maximum Gasteiger partial charge on any atom is 0.357 e. The summed E-state index contributed by atoms with van der Waals surface area (Å²) >= 11 is 0. The number of aromatic nitrogens is 1. The Bertz CT molecular complexity index is 1000. The van der Waals surface area contributed by atoms with Gasteiger partial charge in [0.1, 0.15) is 6.07 Å². The summed E-state index contributed by atoms with van der Waals surface area (Å²) < 4.78 is 6.45. The molecule has 1 atom stereocenters. The molecule has 0 radical (unpaired) electrons. The molecule has 0 aliphatic carbocycles. The van der Waals surface area contributed by atoms with Crippen molar-refractivity contribution in [3.63, 3.8) is 0 Å². The Morgan fingerprint density at radius 1 is 1.19 bits per heavy atom. The van der Waals surface area contributed by atoms with E-state index in [0.29, 0.717) is 5.69 Å². The number of carbonyl (C=O) groups excluding carboxylic acids is 1. The lowest BCUT2D eigenvalue weighted by atomic mass is 10.1. The van der Waals surface area contributed by atoms with Crippen LogP contribution in [0.4, 0.5) is 11.4 Å². The molecule has 1 heterocycles. The average molecular weight is 360 g/mol. The van der Waals surface area contributed by atoms with Crippen molar-refractivity contribution in [2.45, 2.75) is 13.0 Å². The van der Waals surface area contributed by atoms with E-state index in [1.807, 2.05) is 60.7 Å². The number of hydrogen-bond donors (Lipinski definition) is 2. The van der Waals surface area contributed by atoms with Crippen LogP contribution in [-0.4, -0.2) is 17.6 Å². The van der Waals surface area contributed by atoms with Crippen LogP contribution >= 0.6 is 0 Å². The van der Waals surface area contributed by atoms with Gasteiger partial charge in [0.2, 0.25) is 0 Å². The number of hydrogen-bond acceptors (Lipinski definition) is 5. The van der Waals surface area contributed by atoms with E-state index in [2.05, 4.69) is 12.2 Å². The predicted octanol–water partition coefficient (Wildman–Crippen LogP) is 3.89. The number of nitrogens with one attached hydrogen (secondary N) is 1. The van der Waals surface area contributed by atoms with E-state index in [0.717, 1.165) is 11.3 Å². The second kappa shape index (κ2) is 7.67. The number of anilines is 2. The highest BCUT2D eigenvalue weighted by Crippen LogP contribution is 2.30. The Morgan fingerprint density at radius 3 is 2.52 bits per heavy atom. The lowest BCUT2D eigenvalue weighted by Crippen LogP contribution is -2.13. The van der Waals surface area contributed by atoms with E-state index in [-0.39, 0.29) is 23.0 Å². The monoisotopic (exact) mass is 360 g/mol. The lowest BCUT2D eigenvalue weighted by molar-refractivity contribution is 0.0593. The summed E-state index contributed by atoms with van der Waals surface area (Å²) in [5, 5.41) is 12.8. The molecule has 0 aliphatic rings. The van der Waals surface area contributed by atoms with E-state index in [9.17, 15) is 10.1 Å². The molecule has 0 saturated heterocycles. The van der Waals surface area contributed by atoms with Crippen LogP contribution in [0.2, 0.25) is 0 Å². The Morgan fingerprint density at radius 2 is 1.85 bits per heavy atom. The van der Waals surface area contributed by atoms with Gasteiger partial charge in [0.05, 0.1) is 29.7 Å². The third kappa shape index (κ3) is 3.48. The number of para-hydroxylation sites is 2. The van der Waals surface area contributed by atoms with Crippen molar-refractivity contribution in [3.05, 3.63) is 77.6 Å². The molecule has 136 valence electrons. The van der Waals surface area contributed by atoms with E-state index < -0.39 is 5.97 Å². The molecule has 3 N–H and O–H groups in total. The quantitative estimate of drug-likeness (QED) is 0.673. The standard InChI is InChI=1S/C21H20N4O2/c1-14(15-8-4-3-5-9-15)24-17-10-6-7-11-18(17)25-13-16(12-22)19(23)20(25)21(26)27-2/h3-11,13-14,24H,23H2,1-2H3. The number of nitrogens with zero attached hydrogens (tertiary/aromatic N) is 2. The molecular formula is C21H20N4O2. The Balaban J connectivity index is 2.07. The van der Waals surface area contributed by atoms with Crippen LogP contribution in [-0.2, 0) is 4.74 Å². The molecule has 0 aliphatic heterocycles. The molecule has 0 fully saturated rings. The molecule has 6 heteroatoms. The summed E-state index contributed by atoms with van der Waals surface area (Å²) in [6.45, 7) is 2.05. The Labute approximate surface area is 157 Å². The van der Waals surface area contributed by atoms with Gasteiger partial charge in [-0.25, -0.2) is 4.79 Å². The highest BCUT2D eigenvalue weighted by molar-refractivity contribution is 5.96. The Kier molecular flexibility index (Phi) is 5.13. The highest BCUT2D eigenvalue weighted by Gasteiger charge is 2.23. The first kappa shape index (κ1) is 18.1. The van der Waals surface area contributed by atoms with Gasteiger partial charge in [-0.15, -0.1) is 0 Å². The number of nitrogens with two attached hydrogens (primary N) is 1. The molecule has 0 spiro atoms. The van der Waals surface area contributed by atoms with Gasteiger partial charge < -0.3 is 20.4 Å². The van der Waals surface area contributed by atoms with Gasteiger partial charge in [0, 0.05) is 12.2 Å².